The first-order valence-electron chi connectivity index (χ1n) is 15.4. The molecule has 1 aliphatic carbocycles. The fourth-order valence-corrected chi connectivity index (χ4v) is 5.41. The molecule has 4 aromatic carbocycles. The molecule has 2 aromatic heterocycles. The first kappa shape index (κ1) is 31.1. The first-order chi connectivity index (χ1) is 22.9. The maximum Gasteiger partial charge on any atom is 0.414 e. The summed E-state index contributed by atoms with van der Waals surface area (Å²) in [6.07, 6.45) is 3.19. The lowest BCUT2D eigenvalue weighted by atomic mass is 10.1. The Morgan fingerprint density at radius 1 is 0.745 bits per heavy atom. The Kier molecular flexibility index (Phi) is 9.28. The molecule has 2 amide bonds. The second-order valence-electron chi connectivity index (χ2n) is 11.3. The average molecular weight is 633 g/mol. The molecule has 1 fully saturated rings. The first-order valence-corrected chi connectivity index (χ1v) is 15.4. The third-order valence-corrected chi connectivity index (χ3v) is 7.94. The van der Waals surface area contributed by atoms with Crippen molar-refractivity contribution in [2.75, 3.05) is 10.6 Å². The monoisotopic (exact) mass is 632 g/mol. The van der Waals surface area contributed by atoms with E-state index in [9.17, 15) is 9.59 Å². The van der Waals surface area contributed by atoms with Crippen LogP contribution in [0.4, 0.5) is 21.5 Å². The third-order valence-electron chi connectivity index (χ3n) is 7.94. The van der Waals surface area contributed by atoms with Crippen molar-refractivity contribution >= 4 is 52.2 Å². The van der Waals surface area contributed by atoms with Crippen molar-refractivity contribution in [3.05, 3.63) is 126 Å². The van der Waals surface area contributed by atoms with Gasteiger partial charge in [0, 0.05) is 15.5 Å². The summed E-state index contributed by atoms with van der Waals surface area (Å²) in [6.45, 7) is 4.26. The van der Waals surface area contributed by atoms with Crippen LogP contribution in [0.1, 0.15) is 42.4 Å². The number of fused-ring (bicyclic) bond motifs is 2. The zero-order valence-corrected chi connectivity index (χ0v) is 26.3. The highest BCUT2D eigenvalue weighted by molar-refractivity contribution is 5.91. The molecule has 0 bridgehead atoms. The van der Waals surface area contributed by atoms with Crippen LogP contribution in [0.5, 0.6) is 0 Å². The van der Waals surface area contributed by atoms with Crippen molar-refractivity contribution in [2.24, 2.45) is 14.1 Å². The number of ether oxygens (including phenoxy) is 2. The van der Waals surface area contributed by atoms with Crippen LogP contribution in [-0.2, 0) is 36.8 Å². The fourth-order valence-electron chi connectivity index (χ4n) is 5.41. The van der Waals surface area contributed by atoms with Crippen LogP contribution in [0.15, 0.2) is 104 Å². The van der Waals surface area contributed by atoms with Gasteiger partial charge in [-0.15, -0.1) is 0 Å². The van der Waals surface area contributed by atoms with Crippen molar-refractivity contribution in [1.29, 1.82) is 0 Å². The van der Waals surface area contributed by atoms with E-state index in [1.54, 1.807) is 6.08 Å². The van der Waals surface area contributed by atoms with E-state index in [-0.39, 0.29) is 14.6 Å². The van der Waals surface area contributed by atoms with E-state index in [0.717, 1.165) is 38.8 Å². The van der Waals surface area contributed by atoms with E-state index >= 15 is 0 Å². The normalized spacial score (nSPS) is 12.2. The maximum absolute atomic E-state index is 12.1. The van der Waals surface area contributed by atoms with E-state index in [1.165, 1.54) is 18.4 Å². The van der Waals surface area contributed by atoms with Crippen molar-refractivity contribution in [2.45, 2.75) is 32.0 Å². The van der Waals surface area contributed by atoms with Gasteiger partial charge >= 0.3 is 12.2 Å². The summed E-state index contributed by atoms with van der Waals surface area (Å²) in [6, 6.07) is 31.0. The molecular formula is C37H38N6O4. The zero-order chi connectivity index (χ0) is 32.8. The van der Waals surface area contributed by atoms with E-state index < -0.39 is 12.2 Å². The molecule has 10 nitrogen and oxygen atoms in total. The number of rotatable bonds is 8. The van der Waals surface area contributed by atoms with Crippen molar-refractivity contribution in [3.63, 3.8) is 0 Å². The Bertz CT molecular complexity index is 2040. The van der Waals surface area contributed by atoms with Crippen molar-refractivity contribution in [3.8, 4) is 0 Å². The van der Waals surface area contributed by atoms with E-state index in [2.05, 4.69) is 33.2 Å². The quantitative estimate of drug-likeness (QED) is 0.174. The predicted molar refractivity (Wildman–Crippen MR) is 186 cm³/mol. The van der Waals surface area contributed by atoms with Crippen LogP contribution in [-0.4, -0.2) is 31.3 Å². The van der Waals surface area contributed by atoms with E-state index in [0.29, 0.717) is 17.8 Å². The minimum atomic E-state index is -0.535. The molecule has 6 aromatic rings. The number of aryl methyl sites for hydroxylation is 2. The summed E-state index contributed by atoms with van der Waals surface area (Å²) < 4.78 is 14.2. The summed E-state index contributed by atoms with van der Waals surface area (Å²) in [7, 11) is 3.77. The molecule has 47 heavy (non-hydrogen) atoms. The van der Waals surface area contributed by atoms with Gasteiger partial charge in [-0.3, -0.25) is 10.6 Å². The van der Waals surface area contributed by atoms with Crippen molar-refractivity contribution in [1.82, 2.24) is 19.1 Å². The van der Waals surface area contributed by atoms with Crippen molar-refractivity contribution < 1.29 is 20.5 Å². The molecule has 2 N–H and O–H groups in total. The summed E-state index contributed by atoms with van der Waals surface area (Å²) in [5, 5.41) is 5.42. The molecule has 0 atom stereocenters. The number of hydrogen-bond donors (Lipinski definition) is 2. The number of hydrogen-bond acceptors (Lipinski definition) is 6. The molecule has 1 aliphatic rings. The number of imidazole rings is 2. The predicted octanol–water partition coefficient (Wildman–Crippen LogP) is 8.41. The molecule has 0 unspecified atom stereocenters. The number of para-hydroxylation sites is 2. The summed E-state index contributed by atoms with van der Waals surface area (Å²) >= 11 is 0. The highest BCUT2D eigenvalue weighted by Gasteiger charge is 2.27. The van der Waals surface area contributed by atoms with Gasteiger partial charge in [-0.25, -0.2) is 19.6 Å². The zero-order valence-electron chi connectivity index (χ0n) is 26.3. The highest BCUT2D eigenvalue weighted by atomic mass is 16.6. The van der Waals surface area contributed by atoms with Gasteiger partial charge in [-0.05, 0) is 53.1 Å². The number of carbonyl (C=O) groups excluding carboxylic acids is 2. The molecule has 1 saturated carbocycles. The summed E-state index contributed by atoms with van der Waals surface area (Å²) in [5.74, 6) is 1.57. The number of amides is 2. The largest absolute Gasteiger partial charge is 0.444 e. The SMILES string of the molecule is C=Cc1cccc2nc(NC(=O)OCc3ccccc3)n(C)c12.Cn1c(NC(=O)OCc2ccccc2)nc2cccc(C3CC3)c21.[3HH]. The van der Waals surface area contributed by atoms with Crippen LogP contribution in [0.2, 0.25) is 0 Å². The lowest BCUT2D eigenvalue weighted by Crippen LogP contribution is -2.16. The highest BCUT2D eigenvalue weighted by Crippen LogP contribution is 2.43. The Morgan fingerprint density at radius 2 is 1.23 bits per heavy atom. The van der Waals surface area contributed by atoms with Crippen LogP contribution < -0.4 is 10.6 Å². The third kappa shape index (κ3) is 7.33. The van der Waals surface area contributed by atoms with Gasteiger partial charge < -0.3 is 18.6 Å². The molecule has 7 rings (SSSR count). The van der Waals surface area contributed by atoms with Gasteiger partial charge in [-0.1, -0.05) is 97.6 Å². The number of nitrogens with one attached hydrogen (secondary N) is 2. The average Bonchev–Trinajstić information content (AvgIpc) is 3.84. The van der Waals surface area contributed by atoms with Gasteiger partial charge in [0.1, 0.15) is 13.2 Å². The lowest BCUT2D eigenvalue weighted by Gasteiger charge is -2.08. The van der Waals surface area contributed by atoms with Gasteiger partial charge in [0.25, 0.3) is 0 Å². The fraction of sp³-hybridized carbons (Fsp3) is 0.189. The number of benzene rings is 4. The Hall–Kier alpha value is -5.90. The number of carbonyl (C=O) groups is 2. The molecule has 0 saturated heterocycles. The second-order valence-corrected chi connectivity index (χ2v) is 11.3. The topological polar surface area (TPSA) is 112 Å². The van der Waals surface area contributed by atoms with Gasteiger partial charge in [-0.2, -0.15) is 0 Å². The number of nitrogens with zero attached hydrogens (tertiary/aromatic N) is 4. The smallest absolute Gasteiger partial charge is 0.414 e. The van der Waals surface area contributed by atoms with Gasteiger partial charge in [0.2, 0.25) is 11.9 Å². The Labute approximate surface area is 274 Å². The van der Waals surface area contributed by atoms with Gasteiger partial charge in [0.15, 0.2) is 0 Å². The number of anilines is 2. The van der Waals surface area contributed by atoms with Crippen LogP contribution >= 0.6 is 0 Å². The van der Waals surface area contributed by atoms with Gasteiger partial charge in [0.05, 0.1) is 22.1 Å². The molecule has 0 radical (unpaired) electrons. The lowest BCUT2D eigenvalue weighted by molar-refractivity contribution is 0.154. The van der Waals surface area contributed by atoms with Crippen LogP contribution in [0.3, 0.4) is 0 Å². The van der Waals surface area contributed by atoms with E-state index in [1.807, 2.05) is 114 Å². The molecule has 0 spiro atoms. The molecule has 0 aliphatic heterocycles. The summed E-state index contributed by atoms with van der Waals surface area (Å²) in [4.78, 5) is 33.0. The second kappa shape index (κ2) is 14.0. The van der Waals surface area contributed by atoms with Crippen LogP contribution in [0.25, 0.3) is 28.1 Å². The molecule has 240 valence electrons. The molecule has 2 heterocycles. The Balaban J connectivity index is 0.000000184. The molecule has 10 heteroatoms. The minimum absolute atomic E-state index is 0. The maximum atomic E-state index is 12.1. The Morgan fingerprint density at radius 3 is 1.74 bits per heavy atom. The summed E-state index contributed by atoms with van der Waals surface area (Å²) in [5.41, 5.74) is 7.87. The van der Waals surface area contributed by atoms with Crippen LogP contribution in [0, 0.1) is 0 Å². The molecular weight excluding hydrogens is 592 g/mol. The standard InChI is InChI=1S/C19H19N3O2.C18H17N3O2.H2/c1-22-17-15(14-10-11-14)8-5-9-16(17)20-18(22)21-19(23)24-12-13-6-3-2-4-7-13;1-3-14-10-7-11-15-16(14)21(2)17(19-15)20-18(22)23-12-13-8-5-4-6-9-13;/h2-9,14H,10-12H2,1H3,(H,20,21,23);3-11H,1,12H2,2H3,(H,19,20,22);1H/i;;1+2. The minimum Gasteiger partial charge on any atom is -0.444 e. The number of aromatic nitrogens is 4. The van der Waals surface area contributed by atoms with E-state index in [4.69, 9.17) is 9.47 Å².